The number of hydrogen-bond acceptors (Lipinski definition) is 3. The van der Waals surface area contributed by atoms with Crippen molar-refractivity contribution in [2.75, 3.05) is 0 Å². The summed E-state index contributed by atoms with van der Waals surface area (Å²) >= 11 is 0. The van der Waals surface area contributed by atoms with E-state index in [2.05, 4.69) is 0 Å². The number of pyridine rings is 1. The molecule has 1 aliphatic rings. The molecule has 0 aliphatic carbocycles. The van der Waals surface area contributed by atoms with Gasteiger partial charge in [-0.3, -0.25) is 9.59 Å². The number of carbonyl (C=O) groups is 1. The number of ether oxygens (including phenoxy) is 1. The zero-order chi connectivity index (χ0) is 11.3. The molecule has 0 radical (unpaired) electrons. The standard InChI is InChI=1S/C12H9NO3/c1-13-9-5-3-2-4-7(9)11-8(12(13)15)6-10(14)16-11/h2-5H,6H2,1H3. The van der Waals surface area contributed by atoms with Crippen LogP contribution in [0.2, 0.25) is 0 Å². The highest BCUT2D eigenvalue weighted by molar-refractivity contribution is 5.93. The van der Waals surface area contributed by atoms with Gasteiger partial charge in [0.15, 0.2) is 0 Å². The van der Waals surface area contributed by atoms with Crippen molar-refractivity contribution >= 4 is 16.9 Å². The molecule has 1 aromatic heterocycles. The van der Waals surface area contributed by atoms with Crippen molar-refractivity contribution in [2.24, 2.45) is 7.05 Å². The molecule has 2 aromatic rings. The normalized spacial score (nSPS) is 13.9. The van der Waals surface area contributed by atoms with E-state index in [4.69, 9.17) is 4.74 Å². The predicted octanol–water partition coefficient (Wildman–Crippen LogP) is 1.000. The van der Waals surface area contributed by atoms with Gasteiger partial charge in [-0.05, 0) is 12.1 Å². The Morgan fingerprint density at radius 2 is 2.00 bits per heavy atom. The Balaban J connectivity index is 2.54. The first kappa shape index (κ1) is 9.15. The van der Waals surface area contributed by atoms with Gasteiger partial charge in [0.25, 0.3) is 5.56 Å². The number of hydrogen-bond donors (Lipinski definition) is 0. The van der Waals surface area contributed by atoms with Crippen molar-refractivity contribution < 1.29 is 9.53 Å². The summed E-state index contributed by atoms with van der Waals surface area (Å²) in [6.07, 6.45) is 0.0762. The lowest BCUT2D eigenvalue weighted by Gasteiger charge is -2.07. The average Bonchev–Trinajstić information content (AvgIpc) is 2.68. The van der Waals surface area contributed by atoms with Gasteiger partial charge in [0.05, 0.1) is 17.5 Å². The van der Waals surface area contributed by atoms with Crippen LogP contribution in [-0.4, -0.2) is 10.5 Å². The highest BCUT2D eigenvalue weighted by Crippen LogP contribution is 2.31. The van der Waals surface area contributed by atoms with Gasteiger partial charge in [0.2, 0.25) is 0 Å². The van der Waals surface area contributed by atoms with Crippen molar-refractivity contribution in [3.8, 4) is 5.75 Å². The molecular formula is C12H9NO3. The molecule has 4 heteroatoms. The van der Waals surface area contributed by atoms with Crippen LogP contribution in [0.15, 0.2) is 29.1 Å². The minimum absolute atomic E-state index is 0.0762. The topological polar surface area (TPSA) is 48.3 Å². The smallest absolute Gasteiger partial charge is 0.316 e. The molecule has 80 valence electrons. The SMILES string of the molecule is Cn1c(=O)c2c(c3ccccc31)OC(=O)C2. The third-order valence-corrected chi connectivity index (χ3v) is 2.88. The van der Waals surface area contributed by atoms with Crippen LogP contribution in [0.25, 0.3) is 10.9 Å². The summed E-state index contributed by atoms with van der Waals surface area (Å²) in [7, 11) is 1.70. The fourth-order valence-corrected chi connectivity index (χ4v) is 2.10. The molecule has 0 saturated heterocycles. The monoisotopic (exact) mass is 215 g/mol. The third-order valence-electron chi connectivity index (χ3n) is 2.88. The summed E-state index contributed by atoms with van der Waals surface area (Å²) in [5.41, 5.74) is 1.09. The van der Waals surface area contributed by atoms with Crippen molar-refractivity contribution in [2.45, 2.75) is 6.42 Å². The van der Waals surface area contributed by atoms with Crippen LogP contribution in [0.1, 0.15) is 5.56 Å². The number of aromatic nitrogens is 1. The summed E-state index contributed by atoms with van der Waals surface area (Å²) in [5, 5.41) is 0.811. The maximum atomic E-state index is 12.0. The maximum Gasteiger partial charge on any atom is 0.316 e. The first-order valence-corrected chi connectivity index (χ1v) is 5.00. The van der Waals surface area contributed by atoms with Crippen molar-refractivity contribution in [3.05, 3.63) is 40.2 Å². The van der Waals surface area contributed by atoms with Crippen LogP contribution in [0, 0.1) is 0 Å². The van der Waals surface area contributed by atoms with Gasteiger partial charge in [-0.1, -0.05) is 12.1 Å². The molecule has 0 bridgehead atoms. The maximum absolute atomic E-state index is 12.0. The lowest BCUT2D eigenvalue weighted by molar-refractivity contribution is -0.131. The Labute approximate surface area is 91.1 Å². The van der Waals surface area contributed by atoms with E-state index in [1.54, 1.807) is 11.6 Å². The van der Waals surface area contributed by atoms with Gasteiger partial charge in [-0.15, -0.1) is 0 Å². The first-order valence-electron chi connectivity index (χ1n) is 5.00. The highest BCUT2D eigenvalue weighted by Gasteiger charge is 2.26. The molecular weight excluding hydrogens is 206 g/mol. The second-order valence-electron chi connectivity index (χ2n) is 3.84. The minimum Gasteiger partial charge on any atom is -0.425 e. The molecule has 1 aromatic carbocycles. The number of aryl methyl sites for hydroxylation is 1. The average molecular weight is 215 g/mol. The lowest BCUT2D eigenvalue weighted by atomic mass is 10.1. The van der Waals surface area contributed by atoms with E-state index < -0.39 is 0 Å². The van der Waals surface area contributed by atoms with Crippen LogP contribution >= 0.6 is 0 Å². The Hall–Kier alpha value is -2.10. The summed E-state index contributed by atoms with van der Waals surface area (Å²) in [5.74, 6) is 0.0761. The molecule has 3 rings (SSSR count). The van der Waals surface area contributed by atoms with Gasteiger partial charge in [-0.25, -0.2) is 0 Å². The molecule has 16 heavy (non-hydrogen) atoms. The summed E-state index contributed by atoms with van der Waals surface area (Å²) in [6.45, 7) is 0. The Kier molecular flexibility index (Phi) is 1.68. The molecule has 0 N–H and O–H groups in total. The van der Waals surface area contributed by atoms with Crippen molar-refractivity contribution in [3.63, 3.8) is 0 Å². The molecule has 0 unspecified atom stereocenters. The van der Waals surface area contributed by atoms with E-state index in [1.807, 2.05) is 24.3 Å². The van der Waals surface area contributed by atoms with Crippen LogP contribution in [0.3, 0.4) is 0 Å². The number of benzene rings is 1. The van der Waals surface area contributed by atoms with E-state index >= 15 is 0 Å². The van der Waals surface area contributed by atoms with Crippen molar-refractivity contribution in [1.82, 2.24) is 4.57 Å². The summed E-state index contributed by atoms with van der Waals surface area (Å²) < 4.78 is 6.66. The fourth-order valence-electron chi connectivity index (χ4n) is 2.10. The van der Waals surface area contributed by atoms with Crippen LogP contribution < -0.4 is 10.3 Å². The van der Waals surface area contributed by atoms with Crippen LogP contribution in [0.5, 0.6) is 5.75 Å². The van der Waals surface area contributed by atoms with E-state index in [9.17, 15) is 9.59 Å². The molecule has 0 fully saturated rings. The largest absolute Gasteiger partial charge is 0.425 e. The van der Waals surface area contributed by atoms with Gasteiger partial charge < -0.3 is 9.30 Å². The van der Waals surface area contributed by atoms with Crippen molar-refractivity contribution in [1.29, 1.82) is 0 Å². The van der Waals surface area contributed by atoms with Gasteiger partial charge in [0.1, 0.15) is 5.75 Å². The molecule has 1 aliphatic heterocycles. The van der Waals surface area contributed by atoms with E-state index in [1.165, 1.54) is 0 Å². The number of carbonyl (C=O) groups excluding carboxylic acids is 1. The summed E-state index contributed by atoms with van der Waals surface area (Å²) in [6, 6.07) is 7.40. The molecule has 0 atom stereocenters. The van der Waals surface area contributed by atoms with E-state index in [0.717, 1.165) is 10.9 Å². The van der Waals surface area contributed by atoms with Crippen LogP contribution in [-0.2, 0) is 18.3 Å². The number of rotatable bonds is 0. The van der Waals surface area contributed by atoms with Crippen LogP contribution in [0.4, 0.5) is 0 Å². The number of fused-ring (bicyclic) bond motifs is 3. The summed E-state index contributed by atoms with van der Waals surface area (Å²) in [4.78, 5) is 23.2. The highest BCUT2D eigenvalue weighted by atomic mass is 16.5. The van der Waals surface area contributed by atoms with Gasteiger partial charge in [-0.2, -0.15) is 0 Å². The number of nitrogens with zero attached hydrogens (tertiary/aromatic N) is 1. The second-order valence-corrected chi connectivity index (χ2v) is 3.84. The lowest BCUT2D eigenvalue weighted by Crippen LogP contribution is -2.20. The van der Waals surface area contributed by atoms with Gasteiger partial charge >= 0.3 is 5.97 Å². The molecule has 2 heterocycles. The number of para-hydroxylation sites is 1. The quantitative estimate of drug-likeness (QED) is 0.616. The molecule has 0 spiro atoms. The predicted molar refractivity (Wildman–Crippen MR) is 58.5 cm³/mol. The molecule has 0 saturated carbocycles. The second kappa shape index (κ2) is 2.95. The van der Waals surface area contributed by atoms with Gasteiger partial charge in [0, 0.05) is 12.4 Å². The zero-order valence-electron chi connectivity index (χ0n) is 8.69. The number of esters is 1. The first-order chi connectivity index (χ1) is 7.68. The Morgan fingerprint density at radius 3 is 2.81 bits per heavy atom. The minimum atomic E-state index is -0.358. The third kappa shape index (κ3) is 1.04. The van der Waals surface area contributed by atoms with E-state index in [0.29, 0.717) is 11.3 Å². The molecule has 0 amide bonds. The fraction of sp³-hybridized carbons (Fsp3) is 0.167. The van der Waals surface area contributed by atoms with E-state index in [-0.39, 0.29) is 17.9 Å². The Bertz CT molecular complexity index is 670. The Morgan fingerprint density at radius 1 is 1.25 bits per heavy atom. The zero-order valence-corrected chi connectivity index (χ0v) is 8.69. The molecule has 4 nitrogen and oxygen atoms in total.